The largest absolute Gasteiger partial charge is 0.461 e. The molecule has 6 atom stereocenters. The predicted octanol–water partition coefficient (Wildman–Crippen LogP) is 6.60. The topological polar surface area (TPSA) is 104 Å². The molecule has 0 radical (unpaired) electrons. The Morgan fingerprint density at radius 2 is 1.52 bits per heavy atom. The fourth-order valence-electron chi connectivity index (χ4n) is 8.19. The highest BCUT2D eigenvalue weighted by molar-refractivity contribution is 6.05. The Balaban J connectivity index is 1.68. The van der Waals surface area contributed by atoms with Crippen molar-refractivity contribution in [3.63, 3.8) is 0 Å². The van der Waals surface area contributed by atoms with Gasteiger partial charge in [-0.25, -0.2) is 0 Å². The zero-order valence-electron chi connectivity index (χ0n) is 26.1. The fraction of sp³-hybridized carbons (Fsp3) is 0.824. The van der Waals surface area contributed by atoms with Crippen molar-refractivity contribution < 1.29 is 29.6 Å². The molecule has 228 valence electrons. The molecule has 0 aromatic rings. The lowest BCUT2D eigenvalue weighted by Gasteiger charge is -2.60. The van der Waals surface area contributed by atoms with Crippen LogP contribution in [0.2, 0.25) is 0 Å². The van der Waals surface area contributed by atoms with E-state index in [0.29, 0.717) is 24.0 Å². The van der Waals surface area contributed by atoms with Crippen molar-refractivity contribution in [2.24, 2.45) is 22.7 Å². The average molecular weight is 561 g/mol. The van der Waals surface area contributed by atoms with Gasteiger partial charge in [0.05, 0.1) is 17.6 Å². The minimum Gasteiger partial charge on any atom is -0.461 e. The number of rotatable bonds is 14. The summed E-state index contributed by atoms with van der Waals surface area (Å²) >= 11 is 0. The molecule has 3 rings (SSSR count). The zero-order chi connectivity index (χ0) is 29.8. The highest BCUT2D eigenvalue weighted by Crippen LogP contribution is 2.64. The molecule has 0 amide bonds. The summed E-state index contributed by atoms with van der Waals surface area (Å²) in [7, 11) is 0. The van der Waals surface area contributed by atoms with Crippen molar-refractivity contribution in [1.82, 2.24) is 0 Å². The molecule has 1 fully saturated rings. The maximum Gasteiger partial charge on any atom is 0.306 e. The molecule has 0 heterocycles. The summed E-state index contributed by atoms with van der Waals surface area (Å²) in [5, 5.41) is 34.7. The Labute approximate surface area is 242 Å². The lowest BCUT2D eigenvalue weighted by atomic mass is 9.48. The van der Waals surface area contributed by atoms with E-state index in [1.165, 1.54) is 51.4 Å². The van der Waals surface area contributed by atoms with Crippen LogP contribution in [0.15, 0.2) is 23.3 Å². The highest BCUT2D eigenvalue weighted by Gasteiger charge is 2.72. The number of fused-ring (bicyclic) bond motifs is 3. The Bertz CT molecular complexity index is 965. The van der Waals surface area contributed by atoms with E-state index in [1.54, 1.807) is 26.0 Å². The van der Waals surface area contributed by atoms with E-state index in [1.807, 2.05) is 6.92 Å². The van der Waals surface area contributed by atoms with E-state index < -0.39 is 39.8 Å². The molecule has 0 spiro atoms. The van der Waals surface area contributed by atoms with Crippen LogP contribution in [0.1, 0.15) is 131 Å². The molecule has 1 saturated carbocycles. The molecule has 3 aliphatic rings. The van der Waals surface area contributed by atoms with Gasteiger partial charge >= 0.3 is 5.97 Å². The van der Waals surface area contributed by atoms with Crippen molar-refractivity contribution in [2.45, 2.75) is 149 Å². The number of esters is 1. The lowest BCUT2D eigenvalue weighted by Crippen LogP contribution is -2.70. The van der Waals surface area contributed by atoms with Crippen LogP contribution in [0.5, 0.6) is 0 Å². The third-order valence-electron chi connectivity index (χ3n) is 10.5. The molecule has 0 bridgehead atoms. The van der Waals surface area contributed by atoms with Crippen molar-refractivity contribution in [2.75, 3.05) is 6.61 Å². The maximum atomic E-state index is 13.3. The number of ether oxygens (including phenoxy) is 1. The van der Waals surface area contributed by atoms with Gasteiger partial charge in [0.2, 0.25) is 0 Å². The summed E-state index contributed by atoms with van der Waals surface area (Å²) in [6.45, 7) is 11.4. The monoisotopic (exact) mass is 560 g/mol. The standard InChI is InChI=1S/C34H56O6/c1-7-8-9-10-11-12-13-14-15-16-17-18-28(36)40-30-27-19-26(23-35)22-33(38)29(37)24(2)20-32(33,6)34(27,39)25(3)21-31(30,4)5/h19-20,25,27,30,35,38-39H,7-18,21-23H2,1-6H3/t25-,27+,30-,32-,33+,34-/m1/s1. The van der Waals surface area contributed by atoms with Crippen LogP contribution < -0.4 is 0 Å². The molecule has 0 aromatic carbocycles. The number of hydrogen-bond acceptors (Lipinski definition) is 6. The lowest BCUT2D eigenvalue weighted by molar-refractivity contribution is -0.244. The Hall–Kier alpha value is -1.50. The maximum absolute atomic E-state index is 13.3. The quantitative estimate of drug-likeness (QED) is 0.126. The summed E-state index contributed by atoms with van der Waals surface area (Å²) < 4.78 is 6.20. The first-order chi connectivity index (χ1) is 18.8. The minimum absolute atomic E-state index is 0.0575. The van der Waals surface area contributed by atoms with Crippen molar-refractivity contribution in [3.05, 3.63) is 23.3 Å². The van der Waals surface area contributed by atoms with Crippen LogP contribution >= 0.6 is 0 Å². The van der Waals surface area contributed by atoms with Gasteiger partial charge in [0.1, 0.15) is 11.7 Å². The van der Waals surface area contributed by atoms with Gasteiger partial charge in [-0.15, -0.1) is 0 Å². The summed E-state index contributed by atoms with van der Waals surface area (Å²) in [5.74, 6) is -1.66. The number of ketones is 1. The number of Topliss-reactive ketones (excluding diaryl/α,β-unsaturated/α-hetero) is 1. The Morgan fingerprint density at radius 3 is 2.08 bits per heavy atom. The molecule has 6 heteroatoms. The van der Waals surface area contributed by atoms with Crippen LogP contribution in [-0.2, 0) is 14.3 Å². The number of carbonyl (C=O) groups is 2. The van der Waals surface area contributed by atoms with Crippen LogP contribution in [0, 0.1) is 22.7 Å². The summed E-state index contributed by atoms with van der Waals surface area (Å²) in [5.41, 5.74) is -4.25. The van der Waals surface area contributed by atoms with Gasteiger partial charge in [0.25, 0.3) is 0 Å². The van der Waals surface area contributed by atoms with E-state index in [2.05, 4.69) is 20.8 Å². The van der Waals surface area contributed by atoms with Crippen LogP contribution in [0.25, 0.3) is 0 Å². The molecule has 0 unspecified atom stereocenters. The number of hydrogen-bond donors (Lipinski definition) is 3. The van der Waals surface area contributed by atoms with E-state index in [4.69, 9.17) is 4.74 Å². The molecular formula is C34H56O6. The molecule has 40 heavy (non-hydrogen) atoms. The third-order valence-corrected chi connectivity index (χ3v) is 10.5. The van der Waals surface area contributed by atoms with Gasteiger partial charge in [0, 0.05) is 24.2 Å². The first kappa shape index (κ1) is 33.0. The molecule has 3 aliphatic carbocycles. The predicted molar refractivity (Wildman–Crippen MR) is 159 cm³/mol. The van der Waals surface area contributed by atoms with Gasteiger partial charge in [-0.3, -0.25) is 9.59 Å². The molecule has 0 aliphatic heterocycles. The first-order valence-electron chi connectivity index (χ1n) is 16.0. The molecule has 0 saturated heterocycles. The third kappa shape index (κ3) is 6.15. The zero-order valence-corrected chi connectivity index (χ0v) is 26.1. The van der Waals surface area contributed by atoms with E-state index in [0.717, 1.165) is 19.3 Å². The average Bonchev–Trinajstić information content (AvgIpc) is 3.02. The summed E-state index contributed by atoms with van der Waals surface area (Å²) in [4.78, 5) is 26.4. The van der Waals surface area contributed by atoms with Gasteiger partial charge in [-0.05, 0) is 36.8 Å². The van der Waals surface area contributed by atoms with Gasteiger partial charge in [0.15, 0.2) is 5.78 Å². The SMILES string of the molecule is CCCCCCCCCCCCCC(=O)O[C@@H]1[C@@H]2C=C(CO)C[C@]3(O)C(=O)C(C)=C[C@@]3(C)[C@@]2(O)[C@H](C)CC1(C)C. The second kappa shape index (κ2) is 13.2. The second-order valence-corrected chi connectivity index (χ2v) is 14.0. The van der Waals surface area contributed by atoms with E-state index >= 15 is 0 Å². The minimum atomic E-state index is -1.87. The fourth-order valence-corrected chi connectivity index (χ4v) is 8.19. The van der Waals surface area contributed by atoms with E-state index in [-0.39, 0.29) is 24.9 Å². The number of aliphatic hydroxyl groups excluding tert-OH is 1. The molecular weight excluding hydrogens is 504 g/mol. The van der Waals surface area contributed by atoms with E-state index in [9.17, 15) is 24.9 Å². The van der Waals surface area contributed by atoms with Gasteiger partial charge < -0.3 is 20.1 Å². The van der Waals surface area contributed by atoms with Gasteiger partial charge in [-0.2, -0.15) is 0 Å². The van der Waals surface area contributed by atoms with Crippen molar-refractivity contribution >= 4 is 11.8 Å². The Morgan fingerprint density at radius 1 is 0.975 bits per heavy atom. The van der Waals surface area contributed by atoms with Crippen molar-refractivity contribution in [3.8, 4) is 0 Å². The van der Waals surface area contributed by atoms with Crippen LogP contribution in [0.4, 0.5) is 0 Å². The second-order valence-electron chi connectivity index (χ2n) is 14.0. The smallest absolute Gasteiger partial charge is 0.306 e. The molecule has 6 nitrogen and oxygen atoms in total. The number of unbranched alkanes of at least 4 members (excludes halogenated alkanes) is 10. The summed E-state index contributed by atoms with van der Waals surface area (Å²) in [6, 6.07) is 0. The van der Waals surface area contributed by atoms with Crippen LogP contribution in [-0.4, -0.2) is 51.0 Å². The summed E-state index contributed by atoms with van der Waals surface area (Å²) in [6.07, 6.45) is 17.0. The number of carbonyl (C=O) groups excluding carboxylic acids is 2. The first-order valence-corrected chi connectivity index (χ1v) is 16.0. The number of aliphatic hydroxyl groups is 3. The molecule has 3 N–H and O–H groups in total. The highest BCUT2D eigenvalue weighted by atomic mass is 16.5. The molecule has 0 aromatic heterocycles. The van der Waals surface area contributed by atoms with Gasteiger partial charge in [-0.1, -0.05) is 111 Å². The van der Waals surface area contributed by atoms with Crippen molar-refractivity contribution in [1.29, 1.82) is 0 Å². The van der Waals surface area contributed by atoms with Crippen LogP contribution in [0.3, 0.4) is 0 Å². The Kier molecular flexibility index (Phi) is 10.9. The normalized spacial score (nSPS) is 34.9.